The molecule has 1 aromatic rings. The smallest absolute Gasteiger partial charge is 0.132 e. The zero-order valence-electron chi connectivity index (χ0n) is 8.25. The molecule has 0 saturated heterocycles. The largest absolute Gasteiger partial charge is 0.496 e. The summed E-state index contributed by atoms with van der Waals surface area (Å²) in [6.07, 6.45) is -0.892. The highest BCUT2D eigenvalue weighted by Gasteiger charge is 2.16. The van der Waals surface area contributed by atoms with E-state index in [0.717, 1.165) is 0 Å². The van der Waals surface area contributed by atoms with E-state index < -0.39 is 11.9 Å². The van der Waals surface area contributed by atoms with Crippen LogP contribution in [0.15, 0.2) is 18.2 Å². The van der Waals surface area contributed by atoms with Gasteiger partial charge in [-0.2, -0.15) is 0 Å². The van der Waals surface area contributed by atoms with E-state index in [1.54, 1.807) is 19.2 Å². The van der Waals surface area contributed by atoms with E-state index in [-0.39, 0.29) is 12.1 Å². The number of nitrogens with one attached hydrogen (secondary N) is 1. The number of likely N-dealkylation sites (N-methyl/N-ethyl adjacent to an activating group) is 1. The molecule has 14 heavy (non-hydrogen) atoms. The van der Waals surface area contributed by atoms with Gasteiger partial charge in [0.15, 0.2) is 0 Å². The zero-order valence-corrected chi connectivity index (χ0v) is 8.25. The van der Waals surface area contributed by atoms with E-state index in [2.05, 4.69) is 5.32 Å². The molecule has 0 spiro atoms. The molecule has 2 N–H and O–H groups in total. The summed E-state index contributed by atoms with van der Waals surface area (Å²) in [4.78, 5) is 0. The fraction of sp³-hybridized carbons (Fsp3) is 0.400. The van der Waals surface area contributed by atoms with Crippen molar-refractivity contribution in [2.75, 3.05) is 20.7 Å². The first-order valence-corrected chi connectivity index (χ1v) is 4.35. The number of aliphatic hydroxyl groups is 1. The predicted molar refractivity (Wildman–Crippen MR) is 51.8 cm³/mol. The lowest BCUT2D eigenvalue weighted by atomic mass is 10.1. The maximum absolute atomic E-state index is 13.3. The van der Waals surface area contributed by atoms with E-state index in [1.165, 1.54) is 13.2 Å². The van der Waals surface area contributed by atoms with Crippen LogP contribution in [0.4, 0.5) is 4.39 Å². The van der Waals surface area contributed by atoms with Gasteiger partial charge in [0, 0.05) is 6.54 Å². The molecule has 0 amide bonds. The Morgan fingerprint density at radius 1 is 1.57 bits per heavy atom. The van der Waals surface area contributed by atoms with Crippen LogP contribution >= 0.6 is 0 Å². The SMILES string of the molecule is CNCC(O)c1c(F)cccc1OC. The minimum atomic E-state index is -0.892. The molecule has 0 saturated carbocycles. The Bertz CT molecular complexity index is 304. The van der Waals surface area contributed by atoms with Crippen LogP contribution in [-0.2, 0) is 0 Å². The predicted octanol–water partition coefficient (Wildman–Crippen LogP) is 1.09. The Hall–Kier alpha value is -1.13. The molecule has 1 atom stereocenters. The quantitative estimate of drug-likeness (QED) is 0.762. The Labute approximate surface area is 82.5 Å². The molecule has 0 aliphatic heterocycles. The number of hydrogen-bond donors (Lipinski definition) is 2. The molecule has 0 radical (unpaired) electrons. The summed E-state index contributed by atoms with van der Waals surface area (Å²) in [5.74, 6) is -0.0835. The van der Waals surface area contributed by atoms with Crippen molar-refractivity contribution in [1.82, 2.24) is 5.32 Å². The first kappa shape index (κ1) is 10.9. The van der Waals surface area contributed by atoms with E-state index >= 15 is 0 Å². The minimum Gasteiger partial charge on any atom is -0.496 e. The van der Waals surface area contributed by atoms with Crippen LogP contribution in [0.3, 0.4) is 0 Å². The molecule has 0 aromatic heterocycles. The van der Waals surface area contributed by atoms with Crippen molar-refractivity contribution in [3.8, 4) is 5.75 Å². The Kier molecular flexibility index (Phi) is 3.85. The lowest BCUT2D eigenvalue weighted by Crippen LogP contribution is -2.18. The number of methoxy groups -OCH3 is 1. The number of ether oxygens (including phenoxy) is 1. The minimum absolute atomic E-state index is 0.198. The molecule has 0 fully saturated rings. The summed E-state index contributed by atoms with van der Waals surface area (Å²) >= 11 is 0. The van der Waals surface area contributed by atoms with Gasteiger partial charge in [0.2, 0.25) is 0 Å². The Balaban J connectivity index is 3.03. The summed E-state index contributed by atoms with van der Waals surface area (Å²) in [6, 6.07) is 4.47. The summed E-state index contributed by atoms with van der Waals surface area (Å²) in [5, 5.41) is 12.4. The summed E-state index contributed by atoms with van der Waals surface area (Å²) < 4.78 is 18.3. The van der Waals surface area contributed by atoms with Crippen molar-refractivity contribution in [2.24, 2.45) is 0 Å². The van der Waals surface area contributed by atoms with Gasteiger partial charge in [0.25, 0.3) is 0 Å². The first-order valence-electron chi connectivity index (χ1n) is 4.35. The fourth-order valence-electron chi connectivity index (χ4n) is 1.31. The van der Waals surface area contributed by atoms with Crippen molar-refractivity contribution >= 4 is 0 Å². The van der Waals surface area contributed by atoms with Crippen LogP contribution < -0.4 is 10.1 Å². The van der Waals surface area contributed by atoms with Crippen LogP contribution in [0, 0.1) is 5.82 Å². The molecule has 1 aromatic carbocycles. The van der Waals surface area contributed by atoms with Gasteiger partial charge in [-0.3, -0.25) is 0 Å². The van der Waals surface area contributed by atoms with E-state index in [9.17, 15) is 9.50 Å². The van der Waals surface area contributed by atoms with Gasteiger partial charge in [0.05, 0.1) is 18.8 Å². The van der Waals surface area contributed by atoms with Crippen LogP contribution in [0.5, 0.6) is 5.75 Å². The molecule has 0 aliphatic rings. The normalized spacial score (nSPS) is 12.6. The van der Waals surface area contributed by atoms with Gasteiger partial charge in [-0.1, -0.05) is 6.07 Å². The van der Waals surface area contributed by atoms with Gasteiger partial charge in [-0.05, 0) is 19.2 Å². The Morgan fingerprint density at radius 2 is 2.29 bits per heavy atom. The number of rotatable bonds is 4. The van der Waals surface area contributed by atoms with Crippen molar-refractivity contribution in [2.45, 2.75) is 6.10 Å². The zero-order chi connectivity index (χ0) is 10.6. The van der Waals surface area contributed by atoms with E-state index in [4.69, 9.17) is 4.74 Å². The molecular weight excluding hydrogens is 185 g/mol. The van der Waals surface area contributed by atoms with Gasteiger partial charge >= 0.3 is 0 Å². The summed E-state index contributed by atoms with van der Waals surface area (Å²) in [5.41, 5.74) is 0.198. The average Bonchev–Trinajstić information content (AvgIpc) is 2.17. The van der Waals surface area contributed by atoms with Crippen molar-refractivity contribution < 1.29 is 14.2 Å². The van der Waals surface area contributed by atoms with Crippen LogP contribution in [0.1, 0.15) is 11.7 Å². The Morgan fingerprint density at radius 3 is 2.86 bits per heavy atom. The van der Waals surface area contributed by atoms with Gasteiger partial charge in [-0.15, -0.1) is 0 Å². The maximum atomic E-state index is 13.3. The summed E-state index contributed by atoms with van der Waals surface area (Å²) in [7, 11) is 3.14. The molecule has 4 heteroatoms. The highest BCUT2D eigenvalue weighted by Crippen LogP contribution is 2.27. The monoisotopic (exact) mass is 199 g/mol. The highest BCUT2D eigenvalue weighted by molar-refractivity contribution is 5.36. The standard InChI is InChI=1S/C10H14FNO2/c1-12-6-8(13)10-7(11)4-3-5-9(10)14-2/h3-5,8,12-13H,6H2,1-2H3. The number of halogens is 1. The number of benzene rings is 1. The second-order valence-corrected chi connectivity index (χ2v) is 2.93. The third-order valence-corrected chi connectivity index (χ3v) is 1.96. The third-order valence-electron chi connectivity index (χ3n) is 1.96. The number of aliphatic hydroxyl groups excluding tert-OH is 1. The fourth-order valence-corrected chi connectivity index (χ4v) is 1.31. The van der Waals surface area contributed by atoms with Crippen LogP contribution in [0.25, 0.3) is 0 Å². The topological polar surface area (TPSA) is 41.5 Å². The van der Waals surface area contributed by atoms with Crippen molar-refractivity contribution in [3.63, 3.8) is 0 Å². The molecule has 78 valence electrons. The van der Waals surface area contributed by atoms with Gasteiger partial charge < -0.3 is 15.2 Å². The second kappa shape index (κ2) is 4.93. The van der Waals surface area contributed by atoms with Gasteiger partial charge in [-0.25, -0.2) is 4.39 Å². The molecule has 0 bridgehead atoms. The maximum Gasteiger partial charge on any atom is 0.132 e. The van der Waals surface area contributed by atoms with Crippen molar-refractivity contribution in [1.29, 1.82) is 0 Å². The summed E-state index contributed by atoms with van der Waals surface area (Å²) in [6.45, 7) is 0.289. The first-order chi connectivity index (χ1) is 6.70. The lowest BCUT2D eigenvalue weighted by molar-refractivity contribution is 0.168. The molecule has 0 aliphatic carbocycles. The molecule has 3 nitrogen and oxygen atoms in total. The third kappa shape index (κ3) is 2.21. The lowest BCUT2D eigenvalue weighted by Gasteiger charge is -2.14. The number of hydrogen-bond acceptors (Lipinski definition) is 3. The molecule has 0 heterocycles. The van der Waals surface area contributed by atoms with Crippen LogP contribution in [0.2, 0.25) is 0 Å². The van der Waals surface area contributed by atoms with E-state index in [0.29, 0.717) is 5.75 Å². The van der Waals surface area contributed by atoms with E-state index in [1.807, 2.05) is 0 Å². The van der Waals surface area contributed by atoms with Crippen LogP contribution in [-0.4, -0.2) is 25.8 Å². The molecule has 1 rings (SSSR count). The van der Waals surface area contributed by atoms with Gasteiger partial charge in [0.1, 0.15) is 11.6 Å². The average molecular weight is 199 g/mol. The van der Waals surface area contributed by atoms with Crippen molar-refractivity contribution in [3.05, 3.63) is 29.6 Å². The molecular formula is C10H14FNO2. The highest BCUT2D eigenvalue weighted by atomic mass is 19.1. The molecule has 1 unspecified atom stereocenters. The second-order valence-electron chi connectivity index (χ2n) is 2.93.